The van der Waals surface area contributed by atoms with Crippen molar-refractivity contribution in [2.45, 2.75) is 38.2 Å². The fourth-order valence-corrected chi connectivity index (χ4v) is 4.38. The summed E-state index contributed by atoms with van der Waals surface area (Å²) in [6.07, 6.45) is -3.11. The average molecular weight is 440 g/mol. The first-order valence-electron chi connectivity index (χ1n) is 9.71. The van der Waals surface area contributed by atoms with E-state index >= 15 is 0 Å². The van der Waals surface area contributed by atoms with Crippen molar-refractivity contribution in [3.8, 4) is 5.75 Å². The van der Waals surface area contributed by atoms with Crippen molar-refractivity contribution >= 4 is 22.6 Å². The molecule has 4 rings (SSSR count). The number of fused-ring (bicyclic) bond motifs is 1. The Labute approximate surface area is 176 Å². The van der Waals surface area contributed by atoms with E-state index < -0.39 is 6.36 Å². The van der Waals surface area contributed by atoms with Gasteiger partial charge in [-0.25, -0.2) is 4.79 Å². The van der Waals surface area contributed by atoms with Crippen LogP contribution in [0.5, 0.6) is 5.75 Å². The molecule has 1 aliphatic rings. The maximum Gasteiger partial charge on any atom is 0.573 e. The van der Waals surface area contributed by atoms with Gasteiger partial charge in [-0.05, 0) is 49.6 Å². The molecular formula is C21H21ClF3N3O2. The van der Waals surface area contributed by atoms with Gasteiger partial charge in [-0.2, -0.15) is 0 Å². The summed E-state index contributed by atoms with van der Waals surface area (Å²) in [5.74, 6) is -0.227. The van der Waals surface area contributed by atoms with Gasteiger partial charge in [0.1, 0.15) is 5.75 Å². The molecule has 3 aromatic rings. The number of aromatic nitrogens is 2. The molecule has 1 atom stereocenters. The van der Waals surface area contributed by atoms with Crippen LogP contribution in [0.2, 0.25) is 5.02 Å². The van der Waals surface area contributed by atoms with Gasteiger partial charge in [-0.1, -0.05) is 29.8 Å². The van der Waals surface area contributed by atoms with Crippen molar-refractivity contribution in [2.75, 3.05) is 13.1 Å². The number of nitrogens with one attached hydrogen (secondary N) is 1. The Morgan fingerprint density at radius 2 is 1.80 bits per heavy atom. The van der Waals surface area contributed by atoms with E-state index in [0.717, 1.165) is 37.0 Å². The third-order valence-corrected chi connectivity index (χ3v) is 6.02. The monoisotopic (exact) mass is 439 g/mol. The molecule has 9 heteroatoms. The van der Waals surface area contributed by atoms with Gasteiger partial charge in [0.15, 0.2) is 0 Å². The summed E-state index contributed by atoms with van der Waals surface area (Å²) in [6, 6.07) is 11.6. The number of benzene rings is 2. The van der Waals surface area contributed by atoms with E-state index in [2.05, 4.69) is 14.6 Å². The van der Waals surface area contributed by atoms with Crippen molar-refractivity contribution in [1.29, 1.82) is 0 Å². The molecule has 1 saturated heterocycles. The van der Waals surface area contributed by atoms with E-state index in [1.165, 1.54) is 12.1 Å². The van der Waals surface area contributed by atoms with Crippen LogP contribution in [0.1, 0.15) is 37.4 Å². The van der Waals surface area contributed by atoms with E-state index in [-0.39, 0.29) is 23.5 Å². The maximum absolute atomic E-state index is 12.5. The molecular weight excluding hydrogens is 419 g/mol. The quantitative estimate of drug-likeness (QED) is 0.601. The summed E-state index contributed by atoms with van der Waals surface area (Å²) in [4.78, 5) is 17.6. The largest absolute Gasteiger partial charge is 0.573 e. The molecule has 1 aliphatic heterocycles. The van der Waals surface area contributed by atoms with Gasteiger partial charge in [0.2, 0.25) is 0 Å². The van der Waals surface area contributed by atoms with Crippen LogP contribution in [0.4, 0.5) is 13.2 Å². The first-order valence-corrected chi connectivity index (χ1v) is 10.1. The number of rotatable bonds is 4. The topological polar surface area (TPSA) is 50.3 Å². The molecule has 1 aromatic heterocycles. The molecule has 0 bridgehead atoms. The Morgan fingerprint density at radius 3 is 2.43 bits per heavy atom. The predicted molar refractivity (Wildman–Crippen MR) is 109 cm³/mol. The lowest BCUT2D eigenvalue weighted by Crippen LogP contribution is -2.38. The zero-order valence-electron chi connectivity index (χ0n) is 16.2. The third-order valence-electron chi connectivity index (χ3n) is 5.71. The number of para-hydroxylation sites is 1. The lowest BCUT2D eigenvalue weighted by Gasteiger charge is -2.36. The summed E-state index contributed by atoms with van der Waals surface area (Å²) in [6.45, 7) is 3.57. The number of nitrogens with zero attached hydrogens (tertiary/aromatic N) is 2. The Kier molecular flexibility index (Phi) is 5.55. The van der Waals surface area contributed by atoms with E-state index in [4.69, 9.17) is 11.6 Å². The molecule has 1 fully saturated rings. The van der Waals surface area contributed by atoms with Crippen molar-refractivity contribution in [3.63, 3.8) is 0 Å². The second kappa shape index (κ2) is 8.00. The molecule has 0 saturated carbocycles. The summed E-state index contributed by atoms with van der Waals surface area (Å²) < 4.78 is 42.7. The lowest BCUT2D eigenvalue weighted by atomic mass is 10.00. The third kappa shape index (κ3) is 4.20. The number of imidazole rings is 1. The average Bonchev–Trinajstić information content (AvgIpc) is 3.04. The van der Waals surface area contributed by atoms with Gasteiger partial charge in [-0.3, -0.25) is 9.47 Å². The summed E-state index contributed by atoms with van der Waals surface area (Å²) in [5.41, 5.74) is 2.21. The second-order valence-electron chi connectivity index (χ2n) is 7.49. The summed E-state index contributed by atoms with van der Waals surface area (Å²) in [7, 11) is 0. The molecule has 0 radical (unpaired) electrons. The highest BCUT2D eigenvalue weighted by Gasteiger charge is 2.31. The zero-order valence-corrected chi connectivity index (χ0v) is 17.0. The van der Waals surface area contributed by atoms with Gasteiger partial charge in [0.25, 0.3) is 0 Å². The van der Waals surface area contributed by atoms with Crippen LogP contribution in [-0.4, -0.2) is 33.9 Å². The van der Waals surface area contributed by atoms with Crippen LogP contribution >= 0.6 is 11.6 Å². The normalized spacial score (nSPS) is 17.4. The molecule has 0 spiro atoms. The molecule has 2 aromatic carbocycles. The highest BCUT2D eigenvalue weighted by atomic mass is 35.5. The van der Waals surface area contributed by atoms with Gasteiger partial charge >= 0.3 is 12.1 Å². The highest BCUT2D eigenvalue weighted by molar-refractivity contribution is 6.34. The molecule has 160 valence electrons. The Bertz CT molecular complexity index is 1080. The van der Waals surface area contributed by atoms with Crippen LogP contribution in [0.25, 0.3) is 11.0 Å². The van der Waals surface area contributed by atoms with E-state index in [9.17, 15) is 18.0 Å². The molecule has 2 heterocycles. The first kappa shape index (κ1) is 20.8. The number of piperidine rings is 1. The fourth-order valence-electron chi connectivity index (χ4n) is 4.17. The standard InChI is InChI=1S/C21H21ClF3N3O2/c1-13(14-5-7-16(8-6-14)30-21(23,24)25)27-11-9-15(10-12-27)28-18-4-2-3-17(22)19(18)26-20(28)29/h2-8,13,15H,9-12H2,1H3,(H,26,29). The van der Waals surface area contributed by atoms with Crippen molar-refractivity contribution < 1.29 is 17.9 Å². The first-order chi connectivity index (χ1) is 14.2. The number of hydrogen-bond donors (Lipinski definition) is 1. The Hall–Kier alpha value is -2.45. The Morgan fingerprint density at radius 1 is 1.13 bits per heavy atom. The molecule has 0 amide bonds. The molecule has 1 unspecified atom stereocenters. The number of alkyl halides is 3. The highest BCUT2D eigenvalue weighted by Crippen LogP contribution is 2.32. The number of likely N-dealkylation sites (tertiary alicyclic amines) is 1. The van der Waals surface area contributed by atoms with Crippen LogP contribution in [0, 0.1) is 0 Å². The predicted octanol–water partition coefficient (Wildman–Crippen LogP) is 5.28. The number of H-pyrrole nitrogens is 1. The minimum atomic E-state index is -4.69. The van der Waals surface area contributed by atoms with E-state index in [1.807, 2.05) is 19.1 Å². The number of aromatic amines is 1. The van der Waals surface area contributed by atoms with Crippen LogP contribution in [0.3, 0.4) is 0 Å². The van der Waals surface area contributed by atoms with E-state index in [1.54, 1.807) is 22.8 Å². The maximum atomic E-state index is 12.5. The number of ether oxygens (including phenoxy) is 1. The van der Waals surface area contributed by atoms with E-state index in [0.29, 0.717) is 10.5 Å². The summed E-state index contributed by atoms with van der Waals surface area (Å²) in [5, 5.41) is 0.521. The lowest BCUT2D eigenvalue weighted by molar-refractivity contribution is -0.274. The van der Waals surface area contributed by atoms with Crippen molar-refractivity contribution in [3.05, 3.63) is 63.5 Å². The van der Waals surface area contributed by atoms with Crippen molar-refractivity contribution in [1.82, 2.24) is 14.5 Å². The van der Waals surface area contributed by atoms with Gasteiger partial charge in [-0.15, -0.1) is 13.2 Å². The molecule has 5 nitrogen and oxygen atoms in total. The fraction of sp³-hybridized carbons (Fsp3) is 0.381. The minimum absolute atomic E-state index is 0.0417. The molecule has 30 heavy (non-hydrogen) atoms. The smallest absolute Gasteiger partial charge is 0.406 e. The number of hydrogen-bond acceptors (Lipinski definition) is 3. The zero-order chi connectivity index (χ0) is 21.5. The van der Waals surface area contributed by atoms with Gasteiger partial charge in [0.05, 0.1) is 16.1 Å². The van der Waals surface area contributed by atoms with Crippen molar-refractivity contribution in [2.24, 2.45) is 0 Å². The Balaban J connectivity index is 1.44. The van der Waals surface area contributed by atoms with Gasteiger partial charge < -0.3 is 9.72 Å². The molecule has 1 N–H and O–H groups in total. The van der Waals surface area contributed by atoms with Crippen LogP contribution in [-0.2, 0) is 0 Å². The van der Waals surface area contributed by atoms with Crippen LogP contribution in [0.15, 0.2) is 47.3 Å². The SMILES string of the molecule is CC(c1ccc(OC(F)(F)F)cc1)N1CCC(n2c(=O)[nH]c3c(Cl)cccc32)CC1. The second-order valence-corrected chi connectivity index (χ2v) is 7.90. The van der Waals surface area contributed by atoms with Crippen LogP contribution < -0.4 is 10.4 Å². The van der Waals surface area contributed by atoms with Gasteiger partial charge in [0, 0.05) is 25.2 Å². The number of halogens is 4. The summed E-state index contributed by atoms with van der Waals surface area (Å²) >= 11 is 6.20. The molecule has 0 aliphatic carbocycles. The minimum Gasteiger partial charge on any atom is -0.406 e.